The van der Waals surface area contributed by atoms with Crippen LogP contribution in [0.25, 0.3) is 22.3 Å². The number of benzene rings is 3. The van der Waals surface area contributed by atoms with Gasteiger partial charge < -0.3 is 9.47 Å². The molecule has 0 N–H and O–H groups in total. The van der Waals surface area contributed by atoms with Gasteiger partial charge in [0.25, 0.3) is 0 Å². The lowest BCUT2D eigenvalue weighted by Gasteiger charge is -2.15. The average molecular weight is 487 g/mol. The van der Waals surface area contributed by atoms with Crippen molar-refractivity contribution in [3.05, 3.63) is 78.4 Å². The first-order valence-corrected chi connectivity index (χ1v) is 14.3. The molecule has 0 saturated heterocycles. The number of hydrogen-bond acceptors (Lipinski definition) is 2. The zero-order valence-corrected chi connectivity index (χ0v) is 22.8. The quantitative estimate of drug-likeness (QED) is 0.177. The predicted octanol–water partition coefficient (Wildman–Crippen LogP) is 10.4. The van der Waals surface area contributed by atoms with Gasteiger partial charge in [-0.1, -0.05) is 126 Å². The molecular weight excluding hydrogens is 440 g/mol. The maximum absolute atomic E-state index is 6.03. The maximum atomic E-state index is 6.03. The zero-order valence-electron chi connectivity index (χ0n) is 22.8. The Morgan fingerprint density at radius 3 is 1.67 bits per heavy atom. The van der Waals surface area contributed by atoms with Gasteiger partial charge in [0, 0.05) is 6.61 Å². The molecule has 3 aromatic carbocycles. The molecule has 2 heteroatoms. The summed E-state index contributed by atoms with van der Waals surface area (Å²) in [7, 11) is 0. The van der Waals surface area contributed by atoms with Crippen molar-refractivity contribution in [1.82, 2.24) is 0 Å². The molecule has 0 heterocycles. The van der Waals surface area contributed by atoms with Crippen molar-refractivity contribution in [3.8, 4) is 28.0 Å². The van der Waals surface area contributed by atoms with Crippen LogP contribution in [0.2, 0.25) is 0 Å². The Hall–Kier alpha value is -2.58. The molecule has 0 aliphatic heterocycles. The SMILES string of the molecule is CCCCCCCCCOc1ccc(-c2ccccc2-c2ccc(C(C)OCCCCC)cc2)cc1. The Kier molecular flexibility index (Phi) is 12.6. The predicted molar refractivity (Wildman–Crippen MR) is 155 cm³/mol. The van der Waals surface area contributed by atoms with E-state index in [0.717, 1.165) is 31.8 Å². The minimum absolute atomic E-state index is 0.125. The van der Waals surface area contributed by atoms with Crippen molar-refractivity contribution in [3.63, 3.8) is 0 Å². The number of rotatable bonds is 17. The van der Waals surface area contributed by atoms with Gasteiger partial charge in [0.1, 0.15) is 5.75 Å². The molecule has 0 fully saturated rings. The van der Waals surface area contributed by atoms with Gasteiger partial charge in [-0.15, -0.1) is 0 Å². The molecule has 194 valence electrons. The summed E-state index contributed by atoms with van der Waals surface area (Å²) in [5.41, 5.74) is 6.16. The summed E-state index contributed by atoms with van der Waals surface area (Å²) in [6.07, 6.45) is 12.8. The van der Waals surface area contributed by atoms with Crippen LogP contribution >= 0.6 is 0 Å². The van der Waals surface area contributed by atoms with Crippen molar-refractivity contribution in [2.45, 2.75) is 91.1 Å². The minimum Gasteiger partial charge on any atom is -0.494 e. The van der Waals surface area contributed by atoms with E-state index in [1.165, 1.54) is 79.2 Å². The molecule has 3 rings (SSSR count). The van der Waals surface area contributed by atoms with E-state index < -0.39 is 0 Å². The molecule has 0 radical (unpaired) electrons. The standard InChI is InChI=1S/C34H46O2/c1-4-6-8-9-10-11-15-27-36-32-24-22-31(23-25-32)34-17-13-12-16-33(34)30-20-18-29(19-21-30)28(3)35-26-14-7-5-2/h12-13,16-25,28H,4-11,14-15,26-27H2,1-3H3. The van der Waals surface area contributed by atoms with Gasteiger partial charge in [-0.25, -0.2) is 0 Å². The average Bonchev–Trinajstić information content (AvgIpc) is 2.93. The van der Waals surface area contributed by atoms with Crippen molar-refractivity contribution in [2.24, 2.45) is 0 Å². The van der Waals surface area contributed by atoms with Crippen LogP contribution in [-0.2, 0) is 4.74 Å². The Balaban J connectivity index is 1.56. The van der Waals surface area contributed by atoms with E-state index in [0.29, 0.717) is 0 Å². The number of unbranched alkanes of at least 4 members (excludes halogenated alkanes) is 8. The summed E-state index contributed by atoms with van der Waals surface area (Å²) in [4.78, 5) is 0. The highest BCUT2D eigenvalue weighted by Gasteiger charge is 2.10. The normalized spacial score (nSPS) is 12.0. The van der Waals surface area contributed by atoms with Crippen molar-refractivity contribution >= 4 is 0 Å². The Morgan fingerprint density at radius 1 is 0.556 bits per heavy atom. The molecule has 1 unspecified atom stereocenters. The fourth-order valence-electron chi connectivity index (χ4n) is 4.61. The third-order valence-corrected chi connectivity index (χ3v) is 6.92. The van der Waals surface area contributed by atoms with Gasteiger partial charge >= 0.3 is 0 Å². The summed E-state index contributed by atoms with van der Waals surface area (Å²) >= 11 is 0. The second kappa shape index (κ2) is 16.2. The fourth-order valence-corrected chi connectivity index (χ4v) is 4.61. The molecule has 0 aliphatic carbocycles. The second-order valence-electron chi connectivity index (χ2n) is 9.88. The molecule has 0 amide bonds. The molecule has 0 aromatic heterocycles. The summed E-state index contributed by atoms with van der Waals surface area (Å²) in [6, 6.07) is 26.1. The summed E-state index contributed by atoms with van der Waals surface area (Å²) in [5.74, 6) is 0.958. The molecule has 36 heavy (non-hydrogen) atoms. The third-order valence-electron chi connectivity index (χ3n) is 6.92. The van der Waals surface area contributed by atoms with Gasteiger partial charge in [0.05, 0.1) is 12.7 Å². The van der Waals surface area contributed by atoms with Crippen LogP contribution in [-0.4, -0.2) is 13.2 Å². The summed E-state index contributed by atoms with van der Waals surface area (Å²) in [6.45, 7) is 8.27. The monoisotopic (exact) mass is 486 g/mol. The molecule has 3 aromatic rings. The molecular formula is C34H46O2. The van der Waals surface area contributed by atoms with Crippen LogP contribution in [0.5, 0.6) is 5.75 Å². The van der Waals surface area contributed by atoms with E-state index >= 15 is 0 Å². The van der Waals surface area contributed by atoms with Crippen LogP contribution in [0.1, 0.15) is 96.6 Å². The van der Waals surface area contributed by atoms with Gasteiger partial charge in [0.2, 0.25) is 0 Å². The largest absolute Gasteiger partial charge is 0.494 e. The highest BCUT2D eigenvalue weighted by Crippen LogP contribution is 2.33. The van der Waals surface area contributed by atoms with E-state index in [1.54, 1.807) is 0 Å². The Morgan fingerprint density at radius 2 is 1.06 bits per heavy atom. The summed E-state index contributed by atoms with van der Waals surface area (Å²) < 4.78 is 12.0. The first kappa shape index (κ1) is 28.0. The molecule has 0 aliphatic rings. The zero-order chi connectivity index (χ0) is 25.4. The molecule has 0 bridgehead atoms. The van der Waals surface area contributed by atoms with Crippen molar-refractivity contribution in [1.29, 1.82) is 0 Å². The lowest BCUT2D eigenvalue weighted by Crippen LogP contribution is -2.01. The van der Waals surface area contributed by atoms with E-state index in [9.17, 15) is 0 Å². The lowest BCUT2D eigenvalue weighted by molar-refractivity contribution is 0.0630. The topological polar surface area (TPSA) is 18.5 Å². The fraction of sp³-hybridized carbons (Fsp3) is 0.471. The van der Waals surface area contributed by atoms with E-state index in [2.05, 4.69) is 93.6 Å². The van der Waals surface area contributed by atoms with Gasteiger partial charge in [0.15, 0.2) is 0 Å². The first-order chi connectivity index (χ1) is 17.7. The minimum atomic E-state index is 0.125. The molecule has 0 spiro atoms. The van der Waals surface area contributed by atoms with Crippen molar-refractivity contribution in [2.75, 3.05) is 13.2 Å². The van der Waals surface area contributed by atoms with Crippen LogP contribution < -0.4 is 4.74 Å². The van der Waals surface area contributed by atoms with Crippen LogP contribution in [0.15, 0.2) is 72.8 Å². The highest BCUT2D eigenvalue weighted by atomic mass is 16.5. The Bertz CT molecular complexity index is 975. The van der Waals surface area contributed by atoms with Gasteiger partial charge in [-0.05, 0) is 59.7 Å². The number of ether oxygens (including phenoxy) is 2. The van der Waals surface area contributed by atoms with Gasteiger partial charge in [-0.3, -0.25) is 0 Å². The maximum Gasteiger partial charge on any atom is 0.119 e. The van der Waals surface area contributed by atoms with E-state index in [-0.39, 0.29) is 6.10 Å². The van der Waals surface area contributed by atoms with Crippen LogP contribution in [0.4, 0.5) is 0 Å². The van der Waals surface area contributed by atoms with Gasteiger partial charge in [-0.2, -0.15) is 0 Å². The Labute approximate surface area is 220 Å². The highest BCUT2D eigenvalue weighted by molar-refractivity contribution is 5.83. The van der Waals surface area contributed by atoms with E-state index in [1.807, 2.05) is 0 Å². The lowest BCUT2D eigenvalue weighted by atomic mass is 9.94. The third kappa shape index (κ3) is 9.13. The number of hydrogen-bond donors (Lipinski definition) is 0. The smallest absolute Gasteiger partial charge is 0.119 e. The second-order valence-corrected chi connectivity index (χ2v) is 9.88. The van der Waals surface area contributed by atoms with Crippen LogP contribution in [0.3, 0.4) is 0 Å². The molecule has 0 saturated carbocycles. The first-order valence-electron chi connectivity index (χ1n) is 14.3. The summed E-state index contributed by atoms with van der Waals surface area (Å²) in [5, 5.41) is 0. The molecule has 1 atom stereocenters. The molecule has 2 nitrogen and oxygen atoms in total. The van der Waals surface area contributed by atoms with Crippen molar-refractivity contribution < 1.29 is 9.47 Å². The van der Waals surface area contributed by atoms with Crippen LogP contribution in [0, 0.1) is 0 Å². The van der Waals surface area contributed by atoms with E-state index in [4.69, 9.17) is 9.47 Å².